The first-order valence-corrected chi connectivity index (χ1v) is 9.42. The number of benzene rings is 2. The second-order valence-corrected chi connectivity index (χ2v) is 7.56. The maximum Gasteiger partial charge on any atom is 0.256 e. The van der Waals surface area contributed by atoms with E-state index in [0.717, 1.165) is 59.9 Å². The molecule has 0 atom stereocenters. The van der Waals surface area contributed by atoms with E-state index in [1.54, 1.807) is 0 Å². The molecule has 2 aliphatic rings. The fraction of sp³-hybridized carbons (Fsp3) is 0.333. The molecule has 2 aliphatic heterocycles. The quantitative estimate of drug-likeness (QED) is 0.665. The van der Waals surface area contributed by atoms with Crippen LogP contribution in [0.4, 0.5) is 5.69 Å². The highest BCUT2D eigenvalue weighted by molar-refractivity contribution is 6.24. The van der Waals surface area contributed by atoms with Gasteiger partial charge in [-0.25, -0.2) is 0 Å². The highest BCUT2D eigenvalue weighted by Gasteiger charge is 2.34. The number of carbonyl (C=O) groups excluding carboxylic acids is 1. The van der Waals surface area contributed by atoms with Crippen LogP contribution < -0.4 is 10.6 Å². The minimum absolute atomic E-state index is 0.0311. The van der Waals surface area contributed by atoms with Crippen molar-refractivity contribution in [2.45, 2.75) is 24.8 Å². The van der Waals surface area contributed by atoms with E-state index >= 15 is 0 Å². The van der Waals surface area contributed by atoms with Gasteiger partial charge in [-0.05, 0) is 54.6 Å². The molecule has 0 bridgehead atoms. The van der Waals surface area contributed by atoms with Crippen LogP contribution in [-0.4, -0.2) is 40.5 Å². The summed E-state index contributed by atoms with van der Waals surface area (Å²) in [6, 6.07) is 9.95. The van der Waals surface area contributed by atoms with Crippen LogP contribution in [0, 0.1) is 0 Å². The fourth-order valence-electron chi connectivity index (χ4n) is 4.39. The van der Waals surface area contributed by atoms with E-state index in [-0.39, 0.29) is 18.1 Å². The third-order valence-electron chi connectivity index (χ3n) is 5.97. The second-order valence-electron chi connectivity index (χ2n) is 7.56. The number of amides is 1. The maximum atomic E-state index is 12.1. The maximum absolute atomic E-state index is 12.1. The molecule has 0 aliphatic carbocycles. The lowest BCUT2D eigenvalue weighted by atomic mass is 9.89. The summed E-state index contributed by atoms with van der Waals surface area (Å²) < 4.78 is 1.95. The van der Waals surface area contributed by atoms with Crippen LogP contribution in [0.5, 0.6) is 0 Å². The van der Waals surface area contributed by atoms with E-state index in [1.165, 1.54) is 5.56 Å². The molecule has 3 aromatic rings. The minimum Gasteiger partial charge on any atom is -0.394 e. The Kier molecular flexibility index (Phi) is 3.77. The largest absolute Gasteiger partial charge is 0.394 e. The number of hydrogen-bond acceptors (Lipinski definition) is 4. The first-order chi connectivity index (χ1) is 13.2. The molecular formula is C21H22N4O2. The molecule has 27 heavy (non-hydrogen) atoms. The Labute approximate surface area is 157 Å². The van der Waals surface area contributed by atoms with Crippen LogP contribution in [-0.2, 0) is 12.0 Å². The van der Waals surface area contributed by atoms with E-state index in [9.17, 15) is 9.90 Å². The first-order valence-electron chi connectivity index (χ1n) is 9.42. The van der Waals surface area contributed by atoms with Crippen molar-refractivity contribution in [2.75, 3.05) is 25.0 Å². The minimum atomic E-state index is -0.304. The summed E-state index contributed by atoms with van der Waals surface area (Å²) in [5.41, 5.74) is 3.62. The molecule has 5 rings (SSSR count). The van der Waals surface area contributed by atoms with E-state index < -0.39 is 0 Å². The summed E-state index contributed by atoms with van der Waals surface area (Å²) in [6.07, 6.45) is 6.45. The summed E-state index contributed by atoms with van der Waals surface area (Å²) >= 11 is 0. The van der Waals surface area contributed by atoms with Gasteiger partial charge in [0.1, 0.15) is 0 Å². The molecule has 1 aromatic heterocycles. The van der Waals surface area contributed by atoms with Crippen LogP contribution in [0.25, 0.3) is 10.8 Å². The van der Waals surface area contributed by atoms with Gasteiger partial charge >= 0.3 is 0 Å². The van der Waals surface area contributed by atoms with Gasteiger partial charge in [0.05, 0.1) is 18.3 Å². The third-order valence-corrected chi connectivity index (χ3v) is 5.97. The molecule has 3 heterocycles. The number of rotatable bonds is 4. The second kappa shape index (κ2) is 6.18. The first kappa shape index (κ1) is 16.5. The van der Waals surface area contributed by atoms with Crippen molar-refractivity contribution in [2.24, 2.45) is 0 Å². The number of aliphatic hydroxyl groups excluding tert-OH is 1. The molecule has 3 N–H and O–H groups in total. The highest BCUT2D eigenvalue weighted by atomic mass is 16.3. The average molecular weight is 362 g/mol. The summed E-state index contributed by atoms with van der Waals surface area (Å²) in [6.45, 7) is 1.89. The molecule has 138 valence electrons. The Bertz CT molecular complexity index is 1030. The number of carbonyl (C=O) groups is 1. The summed E-state index contributed by atoms with van der Waals surface area (Å²) in [5.74, 6) is -0.0311. The van der Waals surface area contributed by atoms with E-state index in [0.29, 0.717) is 0 Å². The molecule has 0 unspecified atom stereocenters. The summed E-state index contributed by atoms with van der Waals surface area (Å²) in [7, 11) is 0. The average Bonchev–Trinajstić information content (AvgIpc) is 3.31. The number of nitrogens with zero attached hydrogens (tertiary/aromatic N) is 2. The van der Waals surface area contributed by atoms with Crippen molar-refractivity contribution in [3.8, 4) is 0 Å². The van der Waals surface area contributed by atoms with Crippen molar-refractivity contribution in [1.29, 1.82) is 0 Å². The molecule has 1 amide bonds. The van der Waals surface area contributed by atoms with E-state index in [2.05, 4.69) is 34.1 Å². The Hall–Kier alpha value is -2.70. The van der Waals surface area contributed by atoms with Crippen molar-refractivity contribution in [1.82, 2.24) is 15.1 Å². The molecule has 0 spiro atoms. The predicted molar refractivity (Wildman–Crippen MR) is 104 cm³/mol. The molecule has 6 heteroatoms. The molecule has 1 fully saturated rings. The number of hydrogen-bond donors (Lipinski definition) is 3. The lowest BCUT2D eigenvalue weighted by molar-refractivity contribution is 0.0855. The normalized spacial score (nSPS) is 18.0. The molecule has 1 saturated heterocycles. The summed E-state index contributed by atoms with van der Waals surface area (Å²) in [5, 5.41) is 23.0. The van der Waals surface area contributed by atoms with Crippen LogP contribution in [0.1, 0.15) is 34.3 Å². The molecule has 6 nitrogen and oxygen atoms in total. The SMILES string of the molecule is O=C1Nc2ccc(Cc3cnn(C4(CO)CCNCC4)c3)c3cccc1c23. The van der Waals surface area contributed by atoms with Crippen molar-refractivity contribution in [3.05, 3.63) is 59.4 Å². The van der Waals surface area contributed by atoms with Crippen molar-refractivity contribution < 1.29 is 9.90 Å². The van der Waals surface area contributed by atoms with E-state index in [1.807, 2.05) is 29.1 Å². The van der Waals surface area contributed by atoms with Crippen LogP contribution in [0.3, 0.4) is 0 Å². The number of nitrogens with one attached hydrogen (secondary N) is 2. The lowest BCUT2D eigenvalue weighted by Gasteiger charge is -2.36. The van der Waals surface area contributed by atoms with Gasteiger partial charge < -0.3 is 15.7 Å². The highest BCUT2D eigenvalue weighted by Crippen LogP contribution is 2.36. The predicted octanol–water partition coefficient (Wildman–Crippen LogP) is 2.26. The van der Waals surface area contributed by atoms with Gasteiger partial charge in [0.25, 0.3) is 5.91 Å². The van der Waals surface area contributed by atoms with Gasteiger partial charge in [0, 0.05) is 29.3 Å². The molecule has 2 aromatic carbocycles. The zero-order valence-corrected chi connectivity index (χ0v) is 15.0. The Morgan fingerprint density at radius 3 is 2.85 bits per heavy atom. The monoisotopic (exact) mass is 362 g/mol. The van der Waals surface area contributed by atoms with Gasteiger partial charge in [-0.3, -0.25) is 9.48 Å². The van der Waals surface area contributed by atoms with Gasteiger partial charge in [-0.1, -0.05) is 18.2 Å². The Morgan fingerprint density at radius 2 is 2.04 bits per heavy atom. The molecular weight excluding hydrogens is 340 g/mol. The third kappa shape index (κ3) is 2.56. The van der Waals surface area contributed by atoms with Gasteiger partial charge in [0.2, 0.25) is 0 Å². The van der Waals surface area contributed by atoms with Crippen molar-refractivity contribution >= 4 is 22.4 Å². The smallest absolute Gasteiger partial charge is 0.256 e. The van der Waals surface area contributed by atoms with Crippen LogP contribution >= 0.6 is 0 Å². The standard InChI is InChI=1S/C21H22N4O2/c26-13-21(6-8-22-9-7-21)25-12-14(11-23-25)10-15-4-5-18-19-16(15)2-1-3-17(19)20(27)24-18/h1-5,11-12,22,26H,6-10,13H2,(H,24,27). The number of aliphatic hydroxyl groups is 1. The van der Waals surface area contributed by atoms with Gasteiger partial charge in [-0.2, -0.15) is 5.10 Å². The van der Waals surface area contributed by atoms with Crippen molar-refractivity contribution in [3.63, 3.8) is 0 Å². The number of piperidine rings is 1. The Morgan fingerprint density at radius 1 is 1.19 bits per heavy atom. The van der Waals surface area contributed by atoms with Gasteiger partial charge in [0.15, 0.2) is 0 Å². The lowest BCUT2D eigenvalue weighted by Crippen LogP contribution is -2.47. The van der Waals surface area contributed by atoms with Crippen LogP contribution in [0.15, 0.2) is 42.7 Å². The Balaban J connectivity index is 1.50. The summed E-state index contributed by atoms with van der Waals surface area (Å²) in [4.78, 5) is 12.1. The topological polar surface area (TPSA) is 79.2 Å². The molecule has 0 saturated carbocycles. The zero-order chi connectivity index (χ0) is 18.4. The molecule has 0 radical (unpaired) electrons. The zero-order valence-electron chi connectivity index (χ0n) is 15.0. The van der Waals surface area contributed by atoms with Crippen LogP contribution in [0.2, 0.25) is 0 Å². The number of anilines is 1. The van der Waals surface area contributed by atoms with E-state index in [4.69, 9.17) is 0 Å². The number of aromatic nitrogens is 2. The fourth-order valence-corrected chi connectivity index (χ4v) is 4.39. The van der Waals surface area contributed by atoms with Gasteiger partial charge in [-0.15, -0.1) is 0 Å².